The molecule has 0 atom stereocenters. The number of ether oxygens (including phenoxy) is 1. The van der Waals surface area contributed by atoms with E-state index in [-0.39, 0.29) is 35.3 Å². The van der Waals surface area contributed by atoms with E-state index in [9.17, 15) is 19.2 Å². The van der Waals surface area contributed by atoms with Gasteiger partial charge in [-0.25, -0.2) is 10.2 Å². The molecular formula is C20H24N4O6. The minimum Gasteiger partial charge on any atom is -0.409 e. The molecule has 0 aromatic heterocycles. The van der Waals surface area contributed by atoms with Crippen LogP contribution in [-0.2, 0) is 14.4 Å². The zero-order chi connectivity index (χ0) is 21.7. The number of hydrogen-bond acceptors (Lipinski definition) is 7. The van der Waals surface area contributed by atoms with Gasteiger partial charge >= 0.3 is 6.09 Å². The second-order valence-corrected chi connectivity index (χ2v) is 7.43. The first kappa shape index (κ1) is 21.3. The Morgan fingerprint density at radius 2 is 1.77 bits per heavy atom. The van der Waals surface area contributed by atoms with E-state index in [1.165, 1.54) is 23.1 Å². The predicted molar refractivity (Wildman–Crippen MR) is 105 cm³/mol. The van der Waals surface area contributed by atoms with Crippen LogP contribution in [0, 0.1) is 18.8 Å². The van der Waals surface area contributed by atoms with Gasteiger partial charge in [-0.2, -0.15) is 0 Å². The molecule has 2 aliphatic rings. The van der Waals surface area contributed by atoms with Gasteiger partial charge in [-0.1, -0.05) is 6.07 Å². The van der Waals surface area contributed by atoms with E-state index >= 15 is 0 Å². The Bertz CT molecular complexity index is 858. The van der Waals surface area contributed by atoms with E-state index < -0.39 is 6.09 Å². The molecule has 10 nitrogen and oxygen atoms in total. The Labute approximate surface area is 173 Å². The molecule has 0 bridgehead atoms. The first-order valence-corrected chi connectivity index (χ1v) is 9.69. The molecule has 160 valence electrons. The lowest BCUT2D eigenvalue weighted by molar-refractivity contribution is -0.138. The number of anilines is 1. The summed E-state index contributed by atoms with van der Waals surface area (Å²) in [5.74, 6) is -0.812. The van der Waals surface area contributed by atoms with Crippen LogP contribution in [0.15, 0.2) is 30.4 Å². The third-order valence-corrected chi connectivity index (χ3v) is 5.39. The number of aryl methyl sites for hydroxylation is 1. The summed E-state index contributed by atoms with van der Waals surface area (Å²) in [5, 5.41) is 9.02. The van der Waals surface area contributed by atoms with Gasteiger partial charge in [0.05, 0.1) is 5.69 Å². The number of carbonyl (C=O) groups excluding carboxylic acids is 4. The molecule has 1 heterocycles. The minimum absolute atomic E-state index is 0.163. The van der Waals surface area contributed by atoms with Crippen LogP contribution in [0.4, 0.5) is 10.5 Å². The Hall–Kier alpha value is -3.40. The number of benzene rings is 1. The predicted octanol–water partition coefficient (Wildman–Crippen LogP) is 1.65. The lowest BCUT2D eigenvalue weighted by atomic mass is 9.81. The number of nitrogens with one attached hydrogen (secondary N) is 3. The highest BCUT2D eigenvalue weighted by Gasteiger charge is 2.31. The maximum absolute atomic E-state index is 12.3. The van der Waals surface area contributed by atoms with E-state index in [2.05, 4.69) is 10.9 Å². The number of hydrazine groups is 1. The SMILES string of the molecule is Cc1ccc(OC(=O)NNC(=O)C2CCC(CN3C(=O)C=CC3=O)CC2)cc1NO. The highest BCUT2D eigenvalue weighted by molar-refractivity contribution is 6.12. The fourth-order valence-corrected chi connectivity index (χ4v) is 3.61. The molecule has 4 amide bonds. The van der Waals surface area contributed by atoms with Crippen LogP contribution < -0.4 is 21.1 Å². The average molecular weight is 416 g/mol. The lowest BCUT2D eigenvalue weighted by Gasteiger charge is -2.29. The minimum atomic E-state index is -0.858. The van der Waals surface area contributed by atoms with Crippen molar-refractivity contribution in [2.45, 2.75) is 32.6 Å². The van der Waals surface area contributed by atoms with Crippen molar-refractivity contribution in [3.63, 3.8) is 0 Å². The van der Waals surface area contributed by atoms with Crippen molar-refractivity contribution in [1.82, 2.24) is 15.8 Å². The monoisotopic (exact) mass is 416 g/mol. The number of rotatable bonds is 5. The van der Waals surface area contributed by atoms with E-state index in [0.29, 0.717) is 37.9 Å². The number of hydrogen-bond donors (Lipinski definition) is 4. The second kappa shape index (κ2) is 9.40. The molecule has 0 spiro atoms. The van der Waals surface area contributed by atoms with Crippen LogP contribution in [0.3, 0.4) is 0 Å². The number of amides is 4. The van der Waals surface area contributed by atoms with E-state index in [1.54, 1.807) is 19.1 Å². The van der Waals surface area contributed by atoms with Gasteiger partial charge in [0.2, 0.25) is 5.91 Å². The Kier molecular flexibility index (Phi) is 6.68. The van der Waals surface area contributed by atoms with Crippen molar-refractivity contribution in [2.75, 3.05) is 12.0 Å². The van der Waals surface area contributed by atoms with Crippen LogP contribution in [0.2, 0.25) is 0 Å². The van der Waals surface area contributed by atoms with Crippen LogP contribution in [-0.4, -0.2) is 40.5 Å². The molecule has 1 fully saturated rings. The molecule has 10 heteroatoms. The van der Waals surface area contributed by atoms with Crippen molar-refractivity contribution < 1.29 is 29.1 Å². The van der Waals surface area contributed by atoms with Gasteiger partial charge in [-0.05, 0) is 50.2 Å². The molecule has 1 aliphatic heterocycles. The molecule has 1 saturated carbocycles. The number of imide groups is 1. The molecule has 1 aliphatic carbocycles. The van der Waals surface area contributed by atoms with E-state index in [4.69, 9.17) is 9.94 Å². The second-order valence-electron chi connectivity index (χ2n) is 7.43. The molecule has 1 aromatic carbocycles. The third kappa shape index (κ3) is 5.15. The lowest BCUT2D eigenvalue weighted by Crippen LogP contribution is -2.46. The first-order chi connectivity index (χ1) is 14.4. The Morgan fingerprint density at radius 3 is 2.40 bits per heavy atom. The number of nitrogens with zero attached hydrogens (tertiary/aromatic N) is 1. The number of carbonyl (C=O) groups is 4. The topological polar surface area (TPSA) is 137 Å². The molecule has 4 N–H and O–H groups in total. The molecular weight excluding hydrogens is 392 g/mol. The van der Waals surface area contributed by atoms with Crippen molar-refractivity contribution in [2.24, 2.45) is 11.8 Å². The molecule has 0 radical (unpaired) electrons. The summed E-state index contributed by atoms with van der Waals surface area (Å²) in [5.41, 5.74) is 7.74. The molecule has 30 heavy (non-hydrogen) atoms. The molecule has 1 aromatic rings. The van der Waals surface area contributed by atoms with Gasteiger partial charge in [0, 0.05) is 30.7 Å². The summed E-state index contributed by atoms with van der Waals surface area (Å²) < 4.78 is 5.07. The van der Waals surface area contributed by atoms with E-state index in [0.717, 1.165) is 5.56 Å². The van der Waals surface area contributed by atoms with Crippen LogP contribution in [0.25, 0.3) is 0 Å². The van der Waals surface area contributed by atoms with Gasteiger partial charge in [0.15, 0.2) is 0 Å². The smallest absolute Gasteiger partial charge is 0.409 e. The van der Waals surface area contributed by atoms with Gasteiger partial charge in [0.1, 0.15) is 5.75 Å². The van der Waals surface area contributed by atoms with Gasteiger partial charge in [-0.3, -0.25) is 35.4 Å². The summed E-state index contributed by atoms with van der Waals surface area (Å²) in [7, 11) is 0. The van der Waals surface area contributed by atoms with Crippen molar-refractivity contribution >= 4 is 29.5 Å². The van der Waals surface area contributed by atoms with Gasteiger partial charge < -0.3 is 4.74 Å². The highest BCUT2D eigenvalue weighted by atomic mass is 16.6. The summed E-state index contributed by atoms with van der Waals surface area (Å²) in [6.07, 6.45) is 4.29. The van der Waals surface area contributed by atoms with Crippen molar-refractivity contribution in [1.29, 1.82) is 0 Å². The zero-order valence-corrected chi connectivity index (χ0v) is 16.5. The summed E-state index contributed by atoms with van der Waals surface area (Å²) >= 11 is 0. The van der Waals surface area contributed by atoms with Crippen LogP contribution in [0.5, 0.6) is 5.75 Å². The van der Waals surface area contributed by atoms with Crippen LogP contribution in [0.1, 0.15) is 31.2 Å². The fraction of sp³-hybridized carbons (Fsp3) is 0.400. The fourth-order valence-electron chi connectivity index (χ4n) is 3.61. The highest BCUT2D eigenvalue weighted by Crippen LogP contribution is 2.30. The van der Waals surface area contributed by atoms with Gasteiger partial charge in [0.25, 0.3) is 11.8 Å². The quantitative estimate of drug-likeness (QED) is 0.423. The van der Waals surface area contributed by atoms with Gasteiger partial charge in [-0.15, -0.1) is 0 Å². The third-order valence-electron chi connectivity index (χ3n) is 5.39. The maximum Gasteiger partial charge on any atom is 0.431 e. The summed E-state index contributed by atoms with van der Waals surface area (Å²) in [6, 6.07) is 4.67. The average Bonchev–Trinajstić information content (AvgIpc) is 3.06. The first-order valence-electron chi connectivity index (χ1n) is 9.69. The largest absolute Gasteiger partial charge is 0.431 e. The molecule has 0 saturated heterocycles. The maximum atomic E-state index is 12.3. The Balaban J connectivity index is 1.40. The van der Waals surface area contributed by atoms with Crippen LogP contribution >= 0.6 is 0 Å². The molecule has 3 rings (SSSR count). The summed E-state index contributed by atoms with van der Waals surface area (Å²) in [4.78, 5) is 48.7. The van der Waals surface area contributed by atoms with Crippen molar-refractivity contribution in [3.8, 4) is 5.75 Å². The zero-order valence-electron chi connectivity index (χ0n) is 16.5. The molecule has 0 unspecified atom stereocenters. The standard InChI is InChI=1S/C20H24N4O6/c1-12-2-7-15(10-16(12)23-29)30-20(28)22-21-19(27)14-5-3-13(4-6-14)11-24-17(25)8-9-18(24)26/h2,7-10,13-14,23,29H,3-6,11H2,1H3,(H,21,27)(H,22,28). The normalized spacial score (nSPS) is 20.8. The Morgan fingerprint density at radius 1 is 1.10 bits per heavy atom. The van der Waals surface area contributed by atoms with E-state index in [1.807, 2.05) is 5.48 Å². The van der Waals surface area contributed by atoms with Crippen molar-refractivity contribution in [3.05, 3.63) is 35.9 Å². The summed E-state index contributed by atoms with van der Waals surface area (Å²) in [6.45, 7) is 2.14.